The maximum atomic E-state index is 12.2. The number of hydrogen-bond acceptors (Lipinski definition) is 4. The molecule has 1 aliphatic rings. The van der Waals surface area contributed by atoms with Crippen molar-refractivity contribution in [2.75, 3.05) is 24.1 Å². The topological polar surface area (TPSA) is 62.9 Å². The lowest BCUT2D eigenvalue weighted by atomic mass is 10.1. The number of halogens is 3. The average Bonchev–Trinajstić information content (AvgIpc) is 2.62. The van der Waals surface area contributed by atoms with Gasteiger partial charge in [0.05, 0.1) is 0 Å². The number of nitrogens with zero attached hydrogens (tertiary/aromatic N) is 2. The standard InChI is InChI=1S/C18H17F3N4OS/c19-18(20,21)26-15-7-5-14(6-8-15)24-17(27)25-10-2-9-23-16(25)12-3-1-4-13(22)11-12/h1,3-8,11H,2,9-10,22H2,(H,24,27). The summed E-state index contributed by atoms with van der Waals surface area (Å²) in [4.78, 5) is 6.41. The molecule has 1 aliphatic heterocycles. The second kappa shape index (κ2) is 7.83. The lowest BCUT2D eigenvalue weighted by Gasteiger charge is -2.30. The van der Waals surface area contributed by atoms with Gasteiger partial charge in [-0.1, -0.05) is 12.1 Å². The van der Waals surface area contributed by atoms with Crippen LogP contribution in [0.3, 0.4) is 0 Å². The van der Waals surface area contributed by atoms with E-state index in [1.54, 1.807) is 6.07 Å². The molecule has 2 aromatic rings. The van der Waals surface area contributed by atoms with Gasteiger partial charge in [-0.05, 0) is 55.0 Å². The second-order valence-corrected chi connectivity index (χ2v) is 6.23. The third kappa shape index (κ3) is 5.10. The summed E-state index contributed by atoms with van der Waals surface area (Å²) in [7, 11) is 0. The quantitative estimate of drug-likeness (QED) is 0.608. The van der Waals surface area contributed by atoms with Gasteiger partial charge in [0.25, 0.3) is 0 Å². The van der Waals surface area contributed by atoms with Gasteiger partial charge in [-0.2, -0.15) is 0 Å². The molecule has 1 heterocycles. The number of anilines is 2. The van der Waals surface area contributed by atoms with Crippen molar-refractivity contribution in [2.45, 2.75) is 12.8 Å². The number of nitrogens with one attached hydrogen (secondary N) is 1. The summed E-state index contributed by atoms with van der Waals surface area (Å²) in [5, 5.41) is 3.43. The molecule has 3 N–H and O–H groups in total. The zero-order chi connectivity index (χ0) is 19.4. The highest BCUT2D eigenvalue weighted by molar-refractivity contribution is 7.80. The summed E-state index contributed by atoms with van der Waals surface area (Å²) < 4.78 is 40.6. The van der Waals surface area contributed by atoms with Gasteiger partial charge in [0.2, 0.25) is 0 Å². The lowest BCUT2D eigenvalue weighted by Crippen LogP contribution is -2.43. The predicted octanol–water partition coefficient (Wildman–Crippen LogP) is 4.02. The third-order valence-corrected chi connectivity index (χ3v) is 4.11. The molecule has 5 nitrogen and oxygen atoms in total. The molecule has 0 aromatic heterocycles. The molecule has 0 spiro atoms. The van der Waals surface area contributed by atoms with Crippen molar-refractivity contribution in [3.8, 4) is 5.75 Å². The molecule has 27 heavy (non-hydrogen) atoms. The van der Waals surface area contributed by atoms with Crippen LogP contribution in [0.1, 0.15) is 12.0 Å². The minimum atomic E-state index is -4.72. The maximum absolute atomic E-state index is 12.2. The van der Waals surface area contributed by atoms with E-state index < -0.39 is 6.36 Å². The van der Waals surface area contributed by atoms with E-state index in [1.165, 1.54) is 24.3 Å². The SMILES string of the molecule is Nc1cccc(C2=NCCCN2C(=S)Nc2ccc(OC(F)(F)F)cc2)c1. The molecule has 0 saturated carbocycles. The molecule has 0 radical (unpaired) electrons. The molecule has 2 aromatic carbocycles. The fourth-order valence-corrected chi connectivity index (χ4v) is 2.95. The Morgan fingerprint density at radius 3 is 2.59 bits per heavy atom. The molecule has 0 unspecified atom stereocenters. The van der Waals surface area contributed by atoms with Crippen LogP contribution in [0.5, 0.6) is 5.75 Å². The Bertz CT molecular complexity index is 852. The van der Waals surface area contributed by atoms with Crippen molar-refractivity contribution in [1.82, 2.24) is 4.90 Å². The number of benzene rings is 2. The van der Waals surface area contributed by atoms with Gasteiger partial charge >= 0.3 is 6.36 Å². The van der Waals surface area contributed by atoms with Crippen LogP contribution < -0.4 is 15.8 Å². The number of alkyl halides is 3. The van der Waals surface area contributed by atoms with Crippen LogP contribution in [0.15, 0.2) is 53.5 Å². The van der Waals surface area contributed by atoms with Crippen LogP contribution in [0.4, 0.5) is 24.5 Å². The molecule has 3 rings (SSSR count). The zero-order valence-electron chi connectivity index (χ0n) is 14.2. The first kappa shape index (κ1) is 19.0. The Labute approximate surface area is 159 Å². The Kier molecular flexibility index (Phi) is 5.50. The molecule has 0 bridgehead atoms. The highest BCUT2D eigenvalue weighted by Gasteiger charge is 2.31. The first-order valence-corrected chi connectivity index (χ1v) is 8.57. The number of nitrogens with two attached hydrogens (primary N) is 1. The summed E-state index contributed by atoms with van der Waals surface area (Å²) >= 11 is 5.48. The number of nitrogen functional groups attached to an aromatic ring is 1. The summed E-state index contributed by atoms with van der Waals surface area (Å²) in [5.74, 6) is 0.419. The van der Waals surface area contributed by atoms with Gasteiger partial charge in [0.1, 0.15) is 11.6 Å². The number of ether oxygens (including phenoxy) is 1. The Morgan fingerprint density at radius 2 is 1.93 bits per heavy atom. The van der Waals surface area contributed by atoms with Crippen molar-refractivity contribution >= 4 is 34.5 Å². The summed E-state index contributed by atoms with van der Waals surface area (Å²) in [6.07, 6.45) is -3.88. The molecule has 0 saturated heterocycles. The summed E-state index contributed by atoms with van der Waals surface area (Å²) in [6.45, 7) is 1.36. The van der Waals surface area contributed by atoms with Crippen LogP contribution in [0.25, 0.3) is 0 Å². The molecule has 0 fully saturated rings. The molecule has 142 valence electrons. The van der Waals surface area contributed by atoms with Crippen LogP contribution in [0, 0.1) is 0 Å². The van der Waals surface area contributed by atoms with Gasteiger partial charge < -0.3 is 20.7 Å². The minimum Gasteiger partial charge on any atom is -0.406 e. The number of aliphatic imine (C=N–C) groups is 1. The molecular weight excluding hydrogens is 377 g/mol. The molecule has 9 heteroatoms. The van der Waals surface area contributed by atoms with Crippen LogP contribution in [-0.2, 0) is 0 Å². The predicted molar refractivity (Wildman–Crippen MR) is 103 cm³/mol. The highest BCUT2D eigenvalue weighted by Crippen LogP contribution is 2.24. The fourth-order valence-electron chi connectivity index (χ4n) is 2.66. The van der Waals surface area contributed by atoms with E-state index in [9.17, 15) is 13.2 Å². The Morgan fingerprint density at radius 1 is 1.19 bits per heavy atom. The smallest absolute Gasteiger partial charge is 0.406 e. The maximum Gasteiger partial charge on any atom is 0.573 e. The van der Waals surface area contributed by atoms with E-state index in [4.69, 9.17) is 18.0 Å². The minimum absolute atomic E-state index is 0.293. The Balaban J connectivity index is 1.73. The van der Waals surface area contributed by atoms with Crippen LogP contribution in [-0.4, -0.2) is 35.3 Å². The van der Waals surface area contributed by atoms with Crippen molar-refractivity contribution in [3.05, 3.63) is 54.1 Å². The van der Waals surface area contributed by atoms with E-state index in [-0.39, 0.29) is 5.75 Å². The van der Waals surface area contributed by atoms with Gasteiger partial charge in [-0.25, -0.2) is 0 Å². The summed E-state index contributed by atoms with van der Waals surface area (Å²) in [6, 6.07) is 12.7. The number of hydrogen-bond donors (Lipinski definition) is 2. The number of amidine groups is 1. The number of rotatable bonds is 3. The number of thiocarbonyl (C=S) groups is 1. The lowest BCUT2D eigenvalue weighted by molar-refractivity contribution is -0.274. The summed E-state index contributed by atoms with van der Waals surface area (Å²) in [5.41, 5.74) is 7.88. The largest absolute Gasteiger partial charge is 0.573 e. The van der Waals surface area contributed by atoms with Gasteiger partial charge in [-0.3, -0.25) is 4.99 Å². The van der Waals surface area contributed by atoms with E-state index in [1.807, 2.05) is 23.1 Å². The molecule has 0 atom stereocenters. The van der Waals surface area contributed by atoms with Crippen molar-refractivity contribution in [3.63, 3.8) is 0 Å². The zero-order valence-corrected chi connectivity index (χ0v) is 15.0. The average molecular weight is 394 g/mol. The van der Waals surface area contributed by atoms with Gasteiger partial charge in [0.15, 0.2) is 5.11 Å². The third-order valence-electron chi connectivity index (χ3n) is 3.79. The Hall–Kier alpha value is -2.81. The van der Waals surface area contributed by atoms with Gasteiger partial charge in [0, 0.05) is 30.0 Å². The first-order chi connectivity index (χ1) is 12.8. The second-order valence-electron chi connectivity index (χ2n) is 5.84. The van der Waals surface area contributed by atoms with E-state index in [0.29, 0.717) is 35.4 Å². The van der Waals surface area contributed by atoms with Crippen molar-refractivity contribution in [2.24, 2.45) is 4.99 Å². The van der Waals surface area contributed by atoms with E-state index in [0.717, 1.165) is 12.0 Å². The molecular formula is C18H17F3N4OS. The van der Waals surface area contributed by atoms with E-state index >= 15 is 0 Å². The van der Waals surface area contributed by atoms with Crippen molar-refractivity contribution < 1.29 is 17.9 Å². The van der Waals surface area contributed by atoms with Crippen LogP contribution in [0.2, 0.25) is 0 Å². The molecule has 0 aliphatic carbocycles. The van der Waals surface area contributed by atoms with Crippen LogP contribution >= 0.6 is 12.2 Å². The monoisotopic (exact) mass is 394 g/mol. The molecule has 0 amide bonds. The van der Waals surface area contributed by atoms with Gasteiger partial charge in [-0.15, -0.1) is 13.2 Å². The highest BCUT2D eigenvalue weighted by atomic mass is 32.1. The normalized spacial score (nSPS) is 14.5. The van der Waals surface area contributed by atoms with E-state index in [2.05, 4.69) is 15.0 Å². The van der Waals surface area contributed by atoms with Crippen molar-refractivity contribution in [1.29, 1.82) is 0 Å². The first-order valence-electron chi connectivity index (χ1n) is 8.16. The fraction of sp³-hybridized carbons (Fsp3) is 0.222.